The first kappa shape index (κ1) is 16.2. The summed E-state index contributed by atoms with van der Waals surface area (Å²) in [5, 5.41) is 19.2. The molecule has 0 saturated heterocycles. The number of aliphatic hydroxyl groups is 2. The topological polar surface area (TPSA) is 130 Å². The van der Waals surface area contributed by atoms with Crippen molar-refractivity contribution in [3.05, 3.63) is 28.8 Å². The molecular formula is C12H16N5NaO3. The molecule has 1 fully saturated rings. The average Bonchev–Trinajstić information content (AvgIpc) is 2.91. The fourth-order valence-electron chi connectivity index (χ4n) is 2.74. The van der Waals surface area contributed by atoms with Crippen molar-refractivity contribution in [3.63, 3.8) is 0 Å². The van der Waals surface area contributed by atoms with Gasteiger partial charge in [-0.1, -0.05) is 6.58 Å². The number of nitrogens with two attached hydrogens (primary N) is 1. The zero-order valence-electron chi connectivity index (χ0n) is 10.7. The first-order chi connectivity index (χ1) is 9.52. The van der Waals surface area contributed by atoms with Crippen LogP contribution in [0.2, 0.25) is 0 Å². The van der Waals surface area contributed by atoms with E-state index in [1.54, 1.807) is 4.57 Å². The number of rotatable bonds is 2. The molecule has 0 radical (unpaired) electrons. The van der Waals surface area contributed by atoms with Gasteiger partial charge in [0.25, 0.3) is 5.56 Å². The van der Waals surface area contributed by atoms with E-state index >= 15 is 0 Å². The summed E-state index contributed by atoms with van der Waals surface area (Å²) >= 11 is 0. The number of hydrogen-bond donors (Lipinski definition) is 4. The summed E-state index contributed by atoms with van der Waals surface area (Å²) in [6.45, 7) is 3.76. The Bertz CT molecular complexity index is 740. The molecular weight excluding hydrogens is 285 g/mol. The van der Waals surface area contributed by atoms with Crippen LogP contribution in [0.1, 0.15) is 12.5 Å². The summed E-state index contributed by atoms with van der Waals surface area (Å²) < 4.78 is 1.67. The van der Waals surface area contributed by atoms with Crippen LogP contribution >= 0.6 is 0 Å². The molecule has 0 aromatic carbocycles. The van der Waals surface area contributed by atoms with Crippen LogP contribution in [0, 0.1) is 5.92 Å². The molecule has 0 amide bonds. The number of aromatic amines is 1. The van der Waals surface area contributed by atoms with Gasteiger partial charge in [-0.2, -0.15) is 4.98 Å². The third-order valence-electron chi connectivity index (χ3n) is 3.82. The van der Waals surface area contributed by atoms with E-state index < -0.39 is 11.7 Å². The Labute approximate surface area is 142 Å². The van der Waals surface area contributed by atoms with Crippen molar-refractivity contribution in [2.24, 2.45) is 5.92 Å². The zero-order chi connectivity index (χ0) is 14.4. The van der Waals surface area contributed by atoms with Crippen LogP contribution < -0.4 is 11.3 Å². The third-order valence-corrected chi connectivity index (χ3v) is 3.82. The maximum atomic E-state index is 11.7. The summed E-state index contributed by atoms with van der Waals surface area (Å²) in [6, 6.07) is -0.263. The standard InChI is InChI=1S/C12H15N5O3.Na.H/c1-5-6(3-18)8(19)2-7(5)17-4-14-9-10(17)15-12(13)16-11(9)20;;/h4,6-8,18-19H,1-3H2,(H3,13,15,16,20);;/t6-,7-,8-;;/m0../s1. The number of fused-ring (bicyclic) bond motifs is 1. The van der Waals surface area contributed by atoms with Gasteiger partial charge in [0.05, 0.1) is 25.1 Å². The molecule has 21 heavy (non-hydrogen) atoms. The molecule has 1 aliphatic carbocycles. The second-order valence-electron chi connectivity index (χ2n) is 4.96. The number of nitrogens with one attached hydrogen (secondary N) is 1. The Morgan fingerprint density at radius 1 is 1.57 bits per heavy atom. The molecule has 108 valence electrons. The number of imidazole rings is 1. The molecule has 3 atom stereocenters. The van der Waals surface area contributed by atoms with Gasteiger partial charge in [-0.25, -0.2) is 4.98 Å². The van der Waals surface area contributed by atoms with Crippen molar-refractivity contribution >= 4 is 46.7 Å². The minimum absolute atomic E-state index is 0. The average molecular weight is 301 g/mol. The number of aliphatic hydroxyl groups excluding tert-OH is 2. The SMILES string of the molecule is C=C1[C@H](CO)[C@@H](O)C[C@@H]1n1cnc2c(=O)[nH]c(N)nc21.[NaH]. The molecule has 2 aromatic heterocycles. The van der Waals surface area contributed by atoms with Gasteiger partial charge in [-0.15, -0.1) is 0 Å². The Balaban J connectivity index is 0.00000161. The predicted octanol–water partition coefficient (Wildman–Crippen LogP) is -1.48. The van der Waals surface area contributed by atoms with Crippen LogP contribution in [0.5, 0.6) is 0 Å². The molecule has 0 bridgehead atoms. The predicted molar refractivity (Wildman–Crippen MR) is 79.1 cm³/mol. The number of nitrogens with zero attached hydrogens (tertiary/aromatic N) is 3. The van der Waals surface area contributed by atoms with Crippen molar-refractivity contribution in [2.75, 3.05) is 12.3 Å². The summed E-state index contributed by atoms with van der Waals surface area (Å²) in [4.78, 5) is 22.2. The van der Waals surface area contributed by atoms with E-state index in [4.69, 9.17) is 5.73 Å². The molecule has 1 saturated carbocycles. The van der Waals surface area contributed by atoms with Crippen LogP contribution in [-0.4, -0.2) is 72.0 Å². The molecule has 2 aromatic rings. The van der Waals surface area contributed by atoms with Crippen molar-refractivity contribution in [2.45, 2.75) is 18.6 Å². The van der Waals surface area contributed by atoms with Gasteiger partial charge in [0.2, 0.25) is 5.95 Å². The van der Waals surface area contributed by atoms with E-state index in [9.17, 15) is 15.0 Å². The monoisotopic (exact) mass is 301 g/mol. The van der Waals surface area contributed by atoms with Gasteiger partial charge in [-0.3, -0.25) is 9.78 Å². The Kier molecular flexibility index (Phi) is 4.54. The quantitative estimate of drug-likeness (QED) is 0.395. The molecule has 0 aliphatic heterocycles. The Morgan fingerprint density at radius 3 is 2.90 bits per heavy atom. The third kappa shape index (κ3) is 2.53. The molecule has 0 unspecified atom stereocenters. The van der Waals surface area contributed by atoms with Crippen molar-refractivity contribution in [1.29, 1.82) is 0 Å². The van der Waals surface area contributed by atoms with Gasteiger partial charge in [0.15, 0.2) is 11.2 Å². The van der Waals surface area contributed by atoms with Crippen LogP contribution in [0.4, 0.5) is 5.95 Å². The van der Waals surface area contributed by atoms with Crippen molar-refractivity contribution < 1.29 is 10.2 Å². The zero-order valence-corrected chi connectivity index (χ0v) is 10.7. The van der Waals surface area contributed by atoms with E-state index in [1.165, 1.54) is 6.33 Å². The van der Waals surface area contributed by atoms with E-state index in [0.717, 1.165) is 0 Å². The minimum atomic E-state index is -0.672. The second kappa shape index (κ2) is 5.90. The summed E-state index contributed by atoms with van der Waals surface area (Å²) in [5.74, 6) is -0.371. The van der Waals surface area contributed by atoms with Gasteiger partial charge in [0, 0.05) is 5.92 Å². The number of H-pyrrole nitrogens is 1. The van der Waals surface area contributed by atoms with Crippen LogP contribution in [0.3, 0.4) is 0 Å². The second-order valence-corrected chi connectivity index (χ2v) is 4.96. The van der Waals surface area contributed by atoms with Gasteiger partial charge >= 0.3 is 29.6 Å². The first-order valence-electron chi connectivity index (χ1n) is 6.23. The van der Waals surface area contributed by atoms with Gasteiger partial charge in [-0.05, 0) is 12.0 Å². The number of hydrogen-bond acceptors (Lipinski definition) is 6. The first-order valence-corrected chi connectivity index (χ1v) is 6.23. The van der Waals surface area contributed by atoms with Crippen molar-refractivity contribution in [1.82, 2.24) is 19.5 Å². The van der Waals surface area contributed by atoms with E-state index in [0.29, 0.717) is 17.6 Å². The van der Waals surface area contributed by atoms with Crippen LogP contribution in [0.15, 0.2) is 23.3 Å². The molecule has 5 N–H and O–H groups in total. The molecule has 9 heteroatoms. The Hall–Kier alpha value is -1.19. The van der Waals surface area contributed by atoms with Gasteiger partial charge in [0.1, 0.15) is 0 Å². The fourth-order valence-corrected chi connectivity index (χ4v) is 2.74. The molecule has 8 nitrogen and oxygen atoms in total. The van der Waals surface area contributed by atoms with E-state index in [1.807, 2.05) is 0 Å². The van der Waals surface area contributed by atoms with Crippen LogP contribution in [-0.2, 0) is 0 Å². The van der Waals surface area contributed by atoms with Crippen LogP contribution in [0.25, 0.3) is 11.2 Å². The summed E-state index contributed by atoms with van der Waals surface area (Å²) in [6.07, 6.45) is 1.20. The number of nitrogen functional groups attached to an aromatic ring is 1. The Morgan fingerprint density at radius 2 is 2.29 bits per heavy atom. The van der Waals surface area contributed by atoms with Crippen molar-refractivity contribution in [3.8, 4) is 0 Å². The molecule has 3 rings (SSSR count). The number of aromatic nitrogens is 4. The summed E-state index contributed by atoms with van der Waals surface area (Å²) in [7, 11) is 0. The molecule has 1 aliphatic rings. The van der Waals surface area contributed by atoms with E-state index in [-0.39, 0.29) is 59.6 Å². The van der Waals surface area contributed by atoms with Gasteiger partial charge < -0.3 is 20.5 Å². The number of anilines is 1. The fraction of sp³-hybridized carbons (Fsp3) is 0.417. The molecule has 0 spiro atoms. The van der Waals surface area contributed by atoms with E-state index in [2.05, 4.69) is 21.5 Å². The molecule has 2 heterocycles. The normalized spacial score (nSPS) is 25.2. The maximum absolute atomic E-state index is 11.7. The summed E-state index contributed by atoms with van der Waals surface area (Å²) in [5.41, 5.74) is 6.37.